The van der Waals surface area contributed by atoms with Crippen molar-refractivity contribution in [2.75, 3.05) is 14.2 Å². The van der Waals surface area contributed by atoms with Crippen LogP contribution in [-0.2, 0) is 13.1 Å². The van der Waals surface area contributed by atoms with Crippen LogP contribution in [0.25, 0.3) is 17.1 Å². The lowest BCUT2D eigenvalue weighted by Crippen LogP contribution is -2.18. The van der Waals surface area contributed by atoms with E-state index in [4.69, 9.17) is 14.1 Å². The highest BCUT2D eigenvalue weighted by molar-refractivity contribution is 5.55. The number of rotatable bonds is 7. The van der Waals surface area contributed by atoms with Gasteiger partial charge in [0, 0.05) is 31.0 Å². The zero-order valence-corrected chi connectivity index (χ0v) is 16.9. The molecule has 4 aromatic rings. The number of aryl methyl sites for hydroxylation is 1. The van der Waals surface area contributed by atoms with Gasteiger partial charge < -0.3 is 9.15 Å². The minimum absolute atomic E-state index is 0.634. The number of aromatic nitrogens is 3. The number of methoxy groups -OCH3 is 1. The Kier molecular flexibility index (Phi) is 5.44. The summed E-state index contributed by atoms with van der Waals surface area (Å²) < 4.78 is 13.0. The lowest BCUT2D eigenvalue weighted by atomic mass is 10.2. The molecule has 0 radical (unpaired) electrons. The van der Waals surface area contributed by atoms with E-state index in [1.165, 1.54) is 5.56 Å². The second kappa shape index (κ2) is 8.32. The van der Waals surface area contributed by atoms with E-state index in [9.17, 15) is 0 Å². The van der Waals surface area contributed by atoms with Gasteiger partial charge in [0.15, 0.2) is 0 Å². The fourth-order valence-corrected chi connectivity index (χ4v) is 3.27. The summed E-state index contributed by atoms with van der Waals surface area (Å²) in [5.74, 6) is 2.29. The van der Waals surface area contributed by atoms with Crippen molar-refractivity contribution in [2.45, 2.75) is 20.0 Å². The van der Waals surface area contributed by atoms with Crippen LogP contribution in [0, 0.1) is 6.92 Å². The van der Waals surface area contributed by atoms with Crippen LogP contribution in [0.2, 0.25) is 0 Å². The minimum Gasteiger partial charge on any atom is -0.497 e. The number of hydrogen-bond acceptors (Lipinski definition) is 5. The Morgan fingerprint density at radius 3 is 2.62 bits per heavy atom. The highest BCUT2D eigenvalue weighted by atomic mass is 16.5. The molecule has 0 fully saturated rings. The van der Waals surface area contributed by atoms with Crippen LogP contribution in [0.4, 0.5) is 0 Å². The molecule has 2 aromatic heterocycles. The van der Waals surface area contributed by atoms with E-state index in [2.05, 4.69) is 41.3 Å². The molecule has 0 aliphatic carbocycles. The van der Waals surface area contributed by atoms with Crippen LogP contribution in [0.5, 0.6) is 5.75 Å². The monoisotopic (exact) mass is 388 g/mol. The molecule has 4 rings (SSSR count). The molecule has 0 N–H and O–H groups in total. The van der Waals surface area contributed by atoms with Gasteiger partial charge in [-0.15, -0.1) is 0 Å². The van der Waals surface area contributed by atoms with E-state index >= 15 is 0 Å². The Morgan fingerprint density at radius 2 is 1.90 bits per heavy atom. The molecule has 0 aliphatic rings. The van der Waals surface area contributed by atoms with Crippen LogP contribution >= 0.6 is 0 Å². The normalized spacial score (nSPS) is 11.2. The molecule has 6 nitrogen and oxygen atoms in total. The topological polar surface area (TPSA) is 56.3 Å². The van der Waals surface area contributed by atoms with E-state index < -0.39 is 0 Å². The third-order valence-corrected chi connectivity index (χ3v) is 4.78. The van der Waals surface area contributed by atoms with Crippen LogP contribution in [0.15, 0.2) is 71.4 Å². The van der Waals surface area contributed by atoms with Crippen molar-refractivity contribution in [1.82, 2.24) is 19.7 Å². The highest BCUT2D eigenvalue weighted by Crippen LogP contribution is 2.24. The van der Waals surface area contributed by atoms with Gasteiger partial charge in [0.2, 0.25) is 5.89 Å². The second-order valence-corrected chi connectivity index (χ2v) is 7.04. The fraction of sp³-hybridized carbons (Fsp3) is 0.217. The Bertz CT molecular complexity index is 1070. The maximum absolute atomic E-state index is 5.90. The first-order valence-electron chi connectivity index (χ1n) is 9.50. The second-order valence-electron chi connectivity index (χ2n) is 7.04. The summed E-state index contributed by atoms with van der Waals surface area (Å²) in [5.41, 5.74) is 4.16. The Labute approximate surface area is 170 Å². The molecule has 0 saturated heterocycles. The smallest absolute Gasteiger partial charge is 0.226 e. The molecule has 0 saturated carbocycles. The van der Waals surface area contributed by atoms with Crippen molar-refractivity contribution in [3.8, 4) is 22.9 Å². The molecule has 0 aliphatic heterocycles. The van der Waals surface area contributed by atoms with Gasteiger partial charge in [0.05, 0.1) is 18.5 Å². The third-order valence-electron chi connectivity index (χ3n) is 4.78. The van der Waals surface area contributed by atoms with Crippen molar-refractivity contribution in [3.05, 3.63) is 84.0 Å². The predicted octanol–water partition coefficient (Wildman–Crippen LogP) is 4.48. The van der Waals surface area contributed by atoms with Gasteiger partial charge in [-0.05, 0) is 62.0 Å². The standard InChI is InChI=1S/C23H24N4O2/c1-17-22(25-23(29-17)19-8-10-21(28-3)11-9-19)16-26(2)15-18-6-4-7-20(14-18)27-13-5-12-24-27/h4-14H,15-16H2,1-3H3. The first-order valence-corrected chi connectivity index (χ1v) is 9.50. The fourth-order valence-electron chi connectivity index (χ4n) is 3.27. The van der Waals surface area contributed by atoms with Gasteiger partial charge in [-0.25, -0.2) is 9.67 Å². The lowest BCUT2D eigenvalue weighted by molar-refractivity contribution is 0.313. The average Bonchev–Trinajstić information content (AvgIpc) is 3.39. The lowest BCUT2D eigenvalue weighted by Gasteiger charge is -2.16. The van der Waals surface area contributed by atoms with Crippen LogP contribution in [0.3, 0.4) is 0 Å². The maximum atomic E-state index is 5.90. The maximum Gasteiger partial charge on any atom is 0.226 e. The van der Waals surface area contributed by atoms with E-state index in [-0.39, 0.29) is 0 Å². The number of nitrogens with zero attached hydrogens (tertiary/aromatic N) is 4. The quantitative estimate of drug-likeness (QED) is 0.467. The Morgan fingerprint density at radius 1 is 1.07 bits per heavy atom. The predicted molar refractivity (Wildman–Crippen MR) is 112 cm³/mol. The van der Waals surface area contributed by atoms with Crippen molar-refractivity contribution >= 4 is 0 Å². The van der Waals surface area contributed by atoms with Crippen LogP contribution in [0.1, 0.15) is 17.0 Å². The first kappa shape index (κ1) is 19.0. The molecule has 0 amide bonds. The first-order chi connectivity index (χ1) is 14.1. The van der Waals surface area contributed by atoms with E-state index in [1.54, 1.807) is 13.3 Å². The van der Waals surface area contributed by atoms with E-state index in [0.29, 0.717) is 12.4 Å². The molecule has 0 bridgehead atoms. The summed E-state index contributed by atoms with van der Waals surface area (Å²) in [7, 11) is 3.74. The Hall–Kier alpha value is -3.38. The van der Waals surface area contributed by atoms with Gasteiger partial charge in [-0.1, -0.05) is 12.1 Å². The summed E-state index contributed by atoms with van der Waals surface area (Å²) in [4.78, 5) is 6.94. The van der Waals surface area contributed by atoms with Crippen molar-refractivity contribution in [2.24, 2.45) is 0 Å². The van der Waals surface area contributed by atoms with Crippen molar-refractivity contribution in [1.29, 1.82) is 0 Å². The molecular weight excluding hydrogens is 364 g/mol. The van der Waals surface area contributed by atoms with Gasteiger partial charge in [0.1, 0.15) is 11.5 Å². The molecule has 2 heterocycles. The van der Waals surface area contributed by atoms with Gasteiger partial charge in [-0.3, -0.25) is 4.90 Å². The third kappa shape index (κ3) is 4.38. The van der Waals surface area contributed by atoms with Gasteiger partial charge in [0.25, 0.3) is 0 Å². The molecule has 148 valence electrons. The summed E-state index contributed by atoms with van der Waals surface area (Å²) in [5, 5.41) is 4.30. The Balaban J connectivity index is 1.45. The van der Waals surface area contributed by atoms with E-state index in [1.807, 2.05) is 48.1 Å². The van der Waals surface area contributed by atoms with Crippen molar-refractivity contribution in [3.63, 3.8) is 0 Å². The highest BCUT2D eigenvalue weighted by Gasteiger charge is 2.14. The zero-order chi connectivity index (χ0) is 20.2. The largest absolute Gasteiger partial charge is 0.497 e. The van der Waals surface area contributed by atoms with Crippen LogP contribution in [-0.4, -0.2) is 33.8 Å². The number of ether oxygens (including phenoxy) is 1. The number of oxazole rings is 1. The molecule has 0 unspecified atom stereocenters. The average molecular weight is 388 g/mol. The molecule has 0 spiro atoms. The van der Waals surface area contributed by atoms with Crippen molar-refractivity contribution < 1.29 is 9.15 Å². The minimum atomic E-state index is 0.634. The number of benzene rings is 2. The molecular formula is C23H24N4O2. The number of hydrogen-bond donors (Lipinski definition) is 0. The van der Waals surface area contributed by atoms with Gasteiger partial charge >= 0.3 is 0 Å². The summed E-state index contributed by atoms with van der Waals surface area (Å²) in [6.45, 7) is 3.47. The summed E-state index contributed by atoms with van der Waals surface area (Å²) >= 11 is 0. The molecule has 0 atom stereocenters. The molecule has 2 aromatic carbocycles. The summed E-state index contributed by atoms with van der Waals surface area (Å²) in [6.07, 6.45) is 3.73. The van der Waals surface area contributed by atoms with Gasteiger partial charge in [-0.2, -0.15) is 5.10 Å². The van der Waals surface area contributed by atoms with Crippen LogP contribution < -0.4 is 4.74 Å². The SMILES string of the molecule is COc1ccc(-c2nc(CN(C)Cc3cccc(-n4cccn4)c3)c(C)o2)cc1. The molecule has 29 heavy (non-hydrogen) atoms. The van der Waals surface area contributed by atoms with E-state index in [0.717, 1.165) is 35.0 Å². The summed E-state index contributed by atoms with van der Waals surface area (Å²) in [6, 6.07) is 18.1. The molecule has 6 heteroatoms. The zero-order valence-electron chi connectivity index (χ0n) is 16.9.